The maximum absolute atomic E-state index is 12.2. The van der Waals surface area contributed by atoms with Crippen LogP contribution in [0.15, 0.2) is 22.6 Å². The molecule has 0 radical (unpaired) electrons. The van der Waals surface area contributed by atoms with E-state index in [1.807, 2.05) is 32.0 Å². The molecule has 3 rings (SSSR count). The highest BCUT2D eigenvalue weighted by Gasteiger charge is 2.35. The molecule has 1 atom stereocenters. The Hall–Kier alpha value is -1.88. The van der Waals surface area contributed by atoms with Gasteiger partial charge in [0.05, 0.1) is 5.41 Å². The van der Waals surface area contributed by atoms with E-state index in [2.05, 4.69) is 15.6 Å². The third kappa shape index (κ3) is 2.78. The van der Waals surface area contributed by atoms with Crippen LogP contribution in [0, 0.1) is 12.3 Å². The van der Waals surface area contributed by atoms with Gasteiger partial charge in [0.1, 0.15) is 5.52 Å². The maximum Gasteiger partial charge on any atom is 0.227 e. The summed E-state index contributed by atoms with van der Waals surface area (Å²) in [5.74, 6) is 0.786. The number of nitrogens with zero attached hydrogens (tertiary/aromatic N) is 1. The Labute approximate surface area is 124 Å². The number of carbonyl (C=O) groups excluding carboxylic acids is 1. The monoisotopic (exact) mass is 287 g/mol. The van der Waals surface area contributed by atoms with Crippen molar-refractivity contribution >= 4 is 17.0 Å². The molecule has 2 N–H and O–H groups in total. The minimum atomic E-state index is -0.280. The standard InChI is InChI=1S/C16H21N3O2/c1-11-4-3-5-12-14(11)19-13(21-12)6-8-18-15(20)16(2)7-9-17-10-16/h3-5,17H,6-10H2,1-2H3,(H,18,20). The summed E-state index contributed by atoms with van der Waals surface area (Å²) < 4.78 is 5.71. The lowest BCUT2D eigenvalue weighted by Gasteiger charge is -2.21. The van der Waals surface area contributed by atoms with Crippen LogP contribution in [0.4, 0.5) is 0 Å². The highest BCUT2D eigenvalue weighted by Crippen LogP contribution is 2.24. The van der Waals surface area contributed by atoms with Gasteiger partial charge in [0.25, 0.3) is 0 Å². The average molecular weight is 287 g/mol. The van der Waals surface area contributed by atoms with Gasteiger partial charge in [-0.25, -0.2) is 4.98 Å². The first-order chi connectivity index (χ1) is 10.1. The van der Waals surface area contributed by atoms with Crippen LogP contribution in [-0.2, 0) is 11.2 Å². The topological polar surface area (TPSA) is 67.2 Å². The van der Waals surface area contributed by atoms with E-state index in [0.29, 0.717) is 18.9 Å². The molecule has 0 spiro atoms. The van der Waals surface area contributed by atoms with Crippen molar-refractivity contribution in [1.29, 1.82) is 0 Å². The molecule has 1 aliphatic rings. The predicted octanol–water partition coefficient (Wildman–Crippen LogP) is 1.79. The molecule has 2 heterocycles. The Kier molecular flexibility index (Phi) is 3.68. The van der Waals surface area contributed by atoms with Gasteiger partial charge in [-0.05, 0) is 38.4 Å². The van der Waals surface area contributed by atoms with E-state index in [1.54, 1.807) is 0 Å². The highest BCUT2D eigenvalue weighted by molar-refractivity contribution is 5.82. The predicted molar refractivity (Wildman–Crippen MR) is 81.1 cm³/mol. The summed E-state index contributed by atoms with van der Waals surface area (Å²) in [5, 5.41) is 6.23. The van der Waals surface area contributed by atoms with Gasteiger partial charge in [-0.1, -0.05) is 12.1 Å². The first-order valence-electron chi connectivity index (χ1n) is 7.42. The number of oxazole rings is 1. The van der Waals surface area contributed by atoms with Crippen LogP contribution in [0.5, 0.6) is 0 Å². The molecule has 5 nitrogen and oxygen atoms in total. The molecule has 1 unspecified atom stereocenters. The largest absolute Gasteiger partial charge is 0.441 e. The fourth-order valence-corrected chi connectivity index (χ4v) is 2.75. The number of aryl methyl sites for hydroxylation is 1. The Balaban J connectivity index is 1.59. The molecule has 1 saturated heterocycles. The lowest BCUT2D eigenvalue weighted by molar-refractivity contribution is -0.129. The Morgan fingerprint density at radius 3 is 3.10 bits per heavy atom. The summed E-state index contributed by atoms with van der Waals surface area (Å²) >= 11 is 0. The van der Waals surface area contributed by atoms with Gasteiger partial charge in [0.2, 0.25) is 5.91 Å². The number of para-hydroxylation sites is 1. The molecule has 5 heteroatoms. The van der Waals surface area contributed by atoms with E-state index in [1.165, 1.54) is 0 Å². The van der Waals surface area contributed by atoms with E-state index in [4.69, 9.17) is 4.42 Å². The smallest absolute Gasteiger partial charge is 0.227 e. The summed E-state index contributed by atoms with van der Waals surface area (Å²) in [6, 6.07) is 5.90. The number of nitrogens with one attached hydrogen (secondary N) is 2. The molecule has 21 heavy (non-hydrogen) atoms. The first kappa shape index (κ1) is 14.1. The average Bonchev–Trinajstić information content (AvgIpc) is 3.06. The van der Waals surface area contributed by atoms with Gasteiger partial charge in [0, 0.05) is 19.5 Å². The van der Waals surface area contributed by atoms with Crippen LogP contribution in [0.3, 0.4) is 0 Å². The number of hydrogen-bond acceptors (Lipinski definition) is 4. The number of carbonyl (C=O) groups is 1. The zero-order valence-corrected chi connectivity index (χ0v) is 12.5. The summed E-state index contributed by atoms with van der Waals surface area (Å²) in [6.45, 7) is 6.24. The van der Waals surface area contributed by atoms with E-state index >= 15 is 0 Å². The van der Waals surface area contributed by atoms with Crippen LogP contribution in [0.2, 0.25) is 0 Å². The Morgan fingerprint density at radius 2 is 2.38 bits per heavy atom. The summed E-state index contributed by atoms with van der Waals surface area (Å²) in [6.07, 6.45) is 1.50. The Morgan fingerprint density at radius 1 is 1.52 bits per heavy atom. The van der Waals surface area contributed by atoms with Crippen LogP contribution >= 0.6 is 0 Å². The zero-order chi connectivity index (χ0) is 14.9. The Bertz CT molecular complexity index is 657. The van der Waals surface area contributed by atoms with Gasteiger partial charge >= 0.3 is 0 Å². The van der Waals surface area contributed by atoms with E-state index in [0.717, 1.165) is 36.2 Å². The third-order valence-electron chi connectivity index (χ3n) is 4.21. The van der Waals surface area contributed by atoms with E-state index in [9.17, 15) is 4.79 Å². The molecule has 1 aromatic heterocycles. The molecule has 0 bridgehead atoms. The summed E-state index contributed by atoms with van der Waals surface area (Å²) in [5.41, 5.74) is 2.54. The molecule has 1 aliphatic heterocycles. The number of aromatic nitrogens is 1. The third-order valence-corrected chi connectivity index (χ3v) is 4.21. The van der Waals surface area contributed by atoms with Crippen molar-refractivity contribution in [3.05, 3.63) is 29.7 Å². The minimum absolute atomic E-state index is 0.111. The van der Waals surface area contributed by atoms with Crippen molar-refractivity contribution in [1.82, 2.24) is 15.6 Å². The van der Waals surface area contributed by atoms with Crippen molar-refractivity contribution in [3.63, 3.8) is 0 Å². The molecule has 1 fully saturated rings. The van der Waals surface area contributed by atoms with Crippen molar-refractivity contribution in [2.24, 2.45) is 5.41 Å². The highest BCUT2D eigenvalue weighted by atomic mass is 16.3. The molecule has 0 aliphatic carbocycles. The van der Waals surface area contributed by atoms with Gasteiger partial charge in [-0.2, -0.15) is 0 Å². The quantitative estimate of drug-likeness (QED) is 0.899. The van der Waals surface area contributed by atoms with E-state index < -0.39 is 0 Å². The van der Waals surface area contributed by atoms with Crippen molar-refractivity contribution in [3.8, 4) is 0 Å². The van der Waals surface area contributed by atoms with Crippen molar-refractivity contribution in [2.45, 2.75) is 26.7 Å². The van der Waals surface area contributed by atoms with Gasteiger partial charge < -0.3 is 15.1 Å². The molecular formula is C16H21N3O2. The lowest BCUT2D eigenvalue weighted by atomic mass is 9.89. The second kappa shape index (κ2) is 5.48. The second-order valence-corrected chi connectivity index (χ2v) is 6.02. The second-order valence-electron chi connectivity index (χ2n) is 6.02. The zero-order valence-electron chi connectivity index (χ0n) is 12.5. The van der Waals surface area contributed by atoms with Gasteiger partial charge in [-0.3, -0.25) is 4.79 Å². The van der Waals surface area contributed by atoms with Crippen LogP contribution in [-0.4, -0.2) is 30.5 Å². The molecule has 1 amide bonds. The number of hydrogen-bond donors (Lipinski definition) is 2. The molecule has 1 aromatic carbocycles. The lowest BCUT2D eigenvalue weighted by Crippen LogP contribution is -2.41. The molecule has 2 aromatic rings. The fourth-order valence-electron chi connectivity index (χ4n) is 2.75. The first-order valence-corrected chi connectivity index (χ1v) is 7.42. The number of rotatable bonds is 4. The SMILES string of the molecule is Cc1cccc2oc(CCNC(=O)C3(C)CCNC3)nc12. The number of fused-ring (bicyclic) bond motifs is 1. The van der Waals surface area contributed by atoms with Crippen LogP contribution < -0.4 is 10.6 Å². The molecule has 112 valence electrons. The minimum Gasteiger partial charge on any atom is -0.441 e. The molecular weight excluding hydrogens is 266 g/mol. The van der Waals surface area contributed by atoms with Crippen molar-refractivity contribution < 1.29 is 9.21 Å². The maximum atomic E-state index is 12.2. The van der Waals surface area contributed by atoms with Gasteiger partial charge in [0.15, 0.2) is 11.5 Å². The fraction of sp³-hybridized carbons (Fsp3) is 0.500. The van der Waals surface area contributed by atoms with Crippen molar-refractivity contribution in [2.75, 3.05) is 19.6 Å². The van der Waals surface area contributed by atoms with Crippen LogP contribution in [0.25, 0.3) is 11.1 Å². The number of benzene rings is 1. The van der Waals surface area contributed by atoms with Gasteiger partial charge in [-0.15, -0.1) is 0 Å². The number of amides is 1. The summed E-state index contributed by atoms with van der Waals surface area (Å²) in [7, 11) is 0. The normalized spacial score (nSPS) is 21.8. The van der Waals surface area contributed by atoms with Crippen LogP contribution in [0.1, 0.15) is 24.8 Å². The molecule has 0 saturated carbocycles. The summed E-state index contributed by atoms with van der Waals surface area (Å²) in [4.78, 5) is 16.7. The van der Waals surface area contributed by atoms with E-state index in [-0.39, 0.29) is 11.3 Å².